The van der Waals surface area contributed by atoms with Gasteiger partial charge < -0.3 is 10.2 Å². The van der Waals surface area contributed by atoms with E-state index in [1.807, 2.05) is 13.8 Å². The van der Waals surface area contributed by atoms with E-state index in [1.165, 1.54) is 7.05 Å². The van der Waals surface area contributed by atoms with Crippen LogP contribution in [0.3, 0.4) is 0 Å². The minimum Gasteiger partial charge on any atom is -0.481 e. The third-order valence-electron chi connectivity index (χ3n) is 3.52. The van der Waals surface area contributed by atoms with Crippen LogP contribution < -0.4 is 4.72 Å². The third kappa shape index (κ3) is 5.85. The molecule has 0 saturated carbocycles. The fraction of sp³-hybridized carbons (Fsp3) is 0.909. The van der Waals surface area contributed by atoms with Crippen molar-refractivity contribution in [3.63, 3.8) is 0 Å². The van der Waals surface area contributed by atoms with Crippen molar-refractivity contribution in [3.8, 4) is 0 Å². The summed E-state index contributed by atoms with van der Waals surface area (Å²) < 4.78 is 27.1. The highest BCUT2D eigenvalue weighted by Crippen LogP contribution is 2.24. The number of carbonyl (C=O) groups is 1. The molecule has 0 saturated heterocycles. The first-order chi connectivity index (χ1) is 8.73. The van der Waals surface area contributed by atoms with Gasteiger partial charge in [-0.05, 0) is 12.8 Å². The summed E-state index contributed by atoms with van der Waals surface area (Å²) in [6.07, 6.45) is 1.06. The van der Waals surface area contributed by atoms with Crippen LogP contribution in [0.2, 0.25) is 0 Å². The largest absolute Gasteiger partial charge is 0.481 e. The molecule has 0 unspecified atom stereocenters. The van der Waals surface area contributed by atoms with Gasteiger partial charge in [-0.25, -0.2) is 4.72 Å². The van der Waals surface area contributed by atoms with Gasteiger partial charge in [0.2, 0.25) is 0 Å². The van der Waals surface area contributed by atoms with Gasteiger partial charge in [-0.1, -0.05) is 13.8 Å². The molecule has 3 N–H and O–H groups in total. The van der Waals surface area contributed by atoms with E-state index < -0.39 is 21.6 Å². The predicted octanol–water partition coefficient (Wildman–Crippen LogP) is 0.0260. The van der Waals surface area contributed by atoms with E-state index in [1.54, 1.807) is 0 Å². The Bertz CT molecular complexity index is 370. The Morgan fingerprint density at radius 1 is 1.32 bits per heavy atom. The Morgan fingerprint density at radius 2 is 1.84 bits per heavy atom. The molecule has 7 nitrogen and oxygen atoms in total. The Labute approximate surface area is 114 Å². The molecule has 0 aliphatic rings. The van der Waals surface area contributed by atoms with Crippen LogP contribution in [0.1, 0.15) is 33.1 Å². The van der Waals surface area contributed by atoms with Crippen molar-refractivity contribution in [2.75, 3.05) is 26.7 Å². The Morgan fingerprint density at radius 3 is 2.21 bits per heavy atom. The number of hydrogen-bond donors (Lipinski definition) is 3. The molecule has 19 heavy (non-hydrogen) atoms. The van der Waals surface area contributed by atoms with Crippen LogP contribution in [0.5, 0.6) is 0 Å². The van der Waals surface area contributed by atoms with E-state index >= 15 is 0 Å². The van der Waals surface area contributed by atoms with Gasteiger partial charge in [0, 0.05) is 32.2 Å². The van der Waals surface area contributed by atoms with Crippen molar-refractivity contribution in [1.82, 2.24) is 9.03 Å². The maximum Gasteiger partial charge on any atom is 0.304 e. The number of aliphatic hydroxyl groups excluding tert-OH is 1. The zero-order chi connectivity index (χ0) is 15.1. The summed E-state index contributed by atoms with van der Waals surface area (Å²) in [5.41, 5.74) is -0.472. The number of aliphatic carboxylic acids is 1. The van der Waals surface area contributed by atoms with Gasteiger partial charge in [-0.2, -0.15) is 12.7 Å². The van der Waals surface area contributed by atoms with Gasteiger partial charge in [0.25, 0.3) is 10.2 Å². The second-order valence-electron chi connectivity index (χ2n) is 4.66. The lowest BCUT2D eigenvalue weighted by atomic mass is 9.84. The second-order valence-corrected chi connectivity index (χ2v) is 6.52. The number of hydrogen-bond acceptors (Lipinski definition) is 4. The monoisotopic (exact) mass is 296 g/mol. The highest BCUT2D eigenvalue weighted by atomic mass is 32.2. The lowest BCUT2D eigenvalue weighted by Crippen LogP contribution is -2.45. The van der Waals surface area contributed by atoms with Gasteiger partial charge in [-0.15, -0.1) is 0 Å². The lowest BCUT2D eigenvalue weighted by Gasteiger charge is -2.30. The Hall–Kier alpha value is -0.700. The summed E-state index contributed by atoms with van der Waals surface area (Å²) in [4.78, 5) is 10.4. The van der Waals surface area contributed by atoms with Gasteiger partial charge in [0.1, 0.15) is 0 Å². The fourth-order valence-corrected chi connectivity index (χ4v) is 2.55. The number of aliphatic hydroxyl groups is 1. The minimum atomic E-state index is -3.71. The van der Waals surface area contributed by atoms with E-state index in [4.69, 9.17) is 5.11 Å². The second kappa shape index (κ2) is 7.78. The summed E-state index contributed by atoms with van der Waals surface area (Å²) >= 11 is 0. The molecule has 0 amide bonds. The number of nitrogens with one attached hydrogen (secondary N) is 1. The van der Waals surface area contributed by atoms with E-state index in [0.29, 0.717) is 12.8 Å². The highest BCUT2D eigenvalue weighted by Gasteiger charge is 2.28. The van der Waals surface area contributed by atoms with Crippen molar-refractivity contribution in [2.24, 2.45) is 5.41 Å². The molecule has 114 valence electrons. The molecule has 0 fully saturated rings. The number of carboxylic acid groups (broad SMARTS) is 1. The van der Waals surface area contributed by atoms with Gasteiger partial charge in [0.15, 0.2) is 0 Å². The smallest absolute Gasteiger partial charge is 0.304 e. The molecular formula is C11H24N2O5S. The lowest BCUT2D eigenvalue weighted by molar-refractivity contribution is -0.137. The summed E-state index contributed by atoms with van der Waals surface area (Å²) in [6, 6.07) is 0. The molecule has 0 aliphatic heterocycles. The summed E-state index contributed by atoms with van der Waals surface area (Å²) in [7, 11) is -2.39. The van der Waals surface area contributed by atoms with Gasteiger partial charge >= 0.3 is 5.97 Å². The normalized spacial score (nSPS) is 12.9. The molecule has 0 rings (SSSR count). The molecule has 0 aliphatic carbocycles. The van der Waals surface area contributed by atoms with E-state index in [0.717, 1.165) is 4.31 Å². The zero-order valence-electron chi connectivity index (χ0n) is 11.7. The first-order valence-electron chi connectivity index (χ1n) is 6.26. The first kappa shape index (κ1) is 18.3. The summed E-state index contributed by atoms with van der Waals surface area (Å²) in [5, 5.41) is 17.9. The first-order valence-corrected chi connectivity index (χ1v) is 7.70. The Balaban J connectivity index is 4.56. The molecule has 0 radical (unpaired) electrons. The standard InChI is InChI=1S/C11H24N2O5S/c1-4-11(5-2,9-14)8-12-19(17,18)13(3)7-6-10(15)16/h12,14H,4-9H2,1-3H3,(H,15,16). The van der Waals surface area contributed by atoms with Gasteiger partial charge in [0.05, 0.1) is 6.42 Å². The van der Waals surface area contributed by atoms with Crippen molar-refractivity contribution in [2.45, 2.75) is 33.1 Å². The van der Waals surface area contributed by atoms with E-state index in [-0.39, 0.29) is 26.1 Å². The molecule has 8 heteroatoms. The predicted molar refractivity (Wildman–Crippen MR) is 71.9 cm³/mol. The molecule has 0 atom stereocenters. The highest BCUT2D eigenvalue weighted by molar-refractivity contribution is 7.87. The molecule has 0 aromatic heterocycles. The minimum absolute atomic E-state index is 0.0883. The van der Waals surface area contributed by atoms with E-state index in [2.05, 4.69) is 4.72 Å². The van der Waals surface area contributed by atoms with Crippen molar-refractivity contribution in [1.29, 1.82) is 0 Å². The maximum absolute atomic E-state index is 11.9. The van der Waals surface area contributed by atoms with Crippen LogP contribution in [0.25, 0.3) is 0 Å². The van der Waals surface area contributed by atoms with Crippen LogP contribution >= 0.6 is 0 Å². The number of carboxylic acids is 1. The number of nitrogens with zero attached hydrogens (tertiary/aromatic N) is 1. The van der Waals surface area contributed by atoms with Crippen molar-refractivity contribution >= 4 is 16.2 Å². The number of rotatable bonds is 10. The topological polar surface area (TPSA) is 107 Å². The molecule has 0 bridgehead atoms. The van der Waals surface area contributed by atoms with Crippen molar-refractivity contribution < 1.29 is 23.4 Å². The quantitative estimate of drug-likeness (QED) is 0.527. The van der Waals surface area contributed by atoms with Crippen molar-refractivity contribution in [3.05, 3.63) is 0 Å². The summed E-state index contributed by atoms with van der Waals surface area (Å²) in [5.74, 6) is -1.05. The van der Waals surface area contributed by atoms with Crippen LogP contribution in [0.15, 0.2) is 0 Å². The average Bonchev–Trinajstić information content (AvgIpc) is 2.38. The average molecular weight is 296 g/mol. The Kier molecular flexibility index (Phi) is 7.50. The molecular weight excluding hydrogens is 272 g/mol. The molecule has 0 aromatic rings. The molecule has 0 heterocycles. The molecule has 0 aromatic carbocycles. The molecule has 0 spiro atoms. The van der Waals surface area contributed by atoms with Crippen LogP contribution in [-0.2, 0) is 15.0 Å². The van der Waals surface area contributed by atoms with Gasteiger partial charge in [-0.3, -0.25) is 4.79 Å². The van der Waals surface area contributed by atoms with Crippen LogP contribution in [-0.4, -0.2) is 55.6 Å². The maximum atomic E-state index is 11.9. The van der Waals surface area contributed by atoms with Crippen LogP contribution in [0.4, 0.5) is 0 Å². The fourth-order valence-electron chi connectivity index (χ4n) is 1.51. The SMILES string of the molecule is CCC(CC)(CO)CNS(=O)(=O)N(C)CCC(=O)O. The third-order valence-corrected chi connectivity index (χ3v) is 5.03. The summed E-state index contributed by atoms with van der Waals surface area (Å²) in [6.45, 7) is 3.73. The zero-order valence-corrected chi connectivity index (χ0v) is 12.5. The van der Waals surface area contributed by atoms with E-state index in [9.17, 15) is 18.3 Å². The van der Waals surface area contributed by atoms with Crippen LogP contribution in [0, 0.1) is 5.41 Å².